The minimum atomic E-state index is 0.574. The van der Waals surface area contributed by atoms with Crippen LogP contribution < -0.4 is 0 Å². The van der Waals surface area contributed by atoms with Gasteiger partial charge in [-0.1, -0.05) is 13.8 Å². The van der Waals surface area contributed by atoms with E-state index in [1.807, 2.05) is 11.3 Å². The van der Waals surface area contributed by atoms with E-state index < -0.39 is 0 Å². The van der Waals surface area contributed by atoms with E-state index in [-0.39, 0.29) is 0 Å². The molecule has 0 unspecified atom stereocenters. The summed E-state index contributed by atoms with van der Waals surface area (Å²) in [6, 6.07) is 0. The summed E-state index contributed by atoms with van der Waals surface area (Å²) in [5.74, 6) is 3.19. The molecule has 1 aromatic rings. The Morgan fingerprint density at radius 1 is 1.38 bits per heavy atom. The predicted molar refractivity (Wildman–Crippen MR) is 73.7 cm³/mol. The van der Waals surface area contributed by atoms with Gasteiger partial charge < -0.3 is 4.90 Å². The van der Waals surface area contributed by atoms with Crippen molar-refractivity contribution in [3.63, 3.8) is 0 Å². The highest BCUT2D eigenvalue weighted by Gasteiger charge is 2.11. The molecular formula is C12H20N2S2. The fourth-order valence-electron chi connectivity index (χ4n) is 1.80. The van der Waals surface area contributed by atoms with Gasteiger partial charge in [-0.05, 0) is 6.42 Å². The zero-order chi connectivity index (χ0) is 11.4. The van der Waals surface area contributed by atoms with Gasteiger partial charge >= 0.3 is 0 Å². The molecule has 90 valence electrons. The molecular weight excluding hydrogens is 236 g/mol. The van der Waals surface area contributed by atoms with Crippen LogP contribution in [0, 0.1) is 0 Å². The lowest BCUT2D eigenvalue weighted by molar-refractivity contribution is 0.307. The first-order valence-electron chi connectivity index (χ1n) is 6.00. The van der Waals surface area contributed by atoms with Gasteiger partial charge in [0.25, 0.3) is 0 Å². The molecule has 0 N–H and O–H groups in total. The molecule has 0 atom stereocenters. The summed E-state index contributed by atoms with van der Waals surface area (Å²) in [6.07, 6.45) is 3.24. The van der Waals surface area contributed by atoms with Gasteiger partial charge in [0.05, 0.1) is 5.01 Å². The number of thiazole rings is 1. The maximum atomic E-state index is 4.48. The quantitative estimate of drug-likeness (QED) is 0.824. The van der Waals surface area contributed by atoms with Crippen molar-refractivity contribution >= 4 is 23.1 Å². The summed E-state index contributed by atoms with van der Waals surface area (Å²) in [6.45, 7) is 8.16. The van der Waals surface area contributed by atoms with Crippen molar-refractivity contribution in [2.24, 2.45) is 0 Å². The van der Waals surface area contributed by atoms with Crippen molar-refractivity contribution in [3.05, 3.63) is 16.1 Å². The smallest absolute Gasteiger partial charge is 0.0953 e. The van der Waals surface area contributed by atoms with E-state index in [1.54, 1.807) is 0 Å². The van der Waals surface area contributed by atoms with Gasteiger partial charge in [-0.25, -0.2) is 4.98 Å². The van der Waals surface area contributed by atoms with Crippen LogP contribution in [0.4, 0.5) is 0 Å². The molecule has 0 saturated carbocycles. The van der Waals surface area contributed by atoms with Crippen LogP contribution in [0.1, 0.15) is 29.7 Å². The Labute approximate surface area is 106 Å². The van der Waals surface area contributed by atoms with Gasteiger partial charge in [-0.15, -0.1) is 11.3 Å². The van der Waals surface area contributed by atoms with Gasteiger partial charge in [-0.2, -0.15) is 11.8 Å². The molecule has 0 spiro atoms. The van der Waals surface area contributed by atoms with E-state index in [1.165, 1.54) is 47.4 Å². The third-order valence-corrected chi connectivity index (χ3v) is 5.14. The van der Waals surface area contributed by atoms with E-state index in [4.69, 9.17) is 0 Å². The third kappa shape index (κ3) is 3.47. The maximum absolute atomic E-state index is 4.48. The Balaban J connectivity index is 1.79. The first kappa shape index (κ1) is 12.4. The van der Waals surface area contributed by atoms with Crippen LogP contribution in [0.2, 0.25) is 0 Å². The van der Waals surface area contributed by atoms with Crippen LogP contribution in [0.15, 0.2) is 6.20 Å². The summed E-state index contributed by atoms with van der Waals surface area (Å²) in [5.41, 5.74) is 0. The molecule has 0 aliphatic carbocycles. The molecule has 1 aliphatic heterocycles. The second kappa shape index (κ2) is 6.03. The minimum Gasteiger partial charge on any atom is -0.301 e. The van der Waals surface area contributed by atoms with E-state index >= 15 is 0 Å². The number of hydrogen-bond donors (Lipinski definition) is 0. The lowest BCUT2D eigenvalue weighted by Gasteiger charge is -2.25. The van der Waals surface area contributed by atoms with Gasteiger partial charge in [0.1, 0.15) is 0 Å². The van der Waals surface area contributed by atoms with Crippen molar-refractivity contribution in [1.29, 1.82) is 0 Å². The highest BCUT2D eigenvalue weighted by atomic mass is 32.2. The van der Waals surface area contributed by atoms with Gasteiger partial charge in [-0.3, -0.25) is 0 Å². The summed E-state index contributed by atoms with van der Waals surface area (Å²) in [5, 5.41) is 1.28. The normalized spacial score (nSPS) is 18.2. The van der Waals surface area contributed by atoms with Crippen molar-refractivity contribution < 1.29 is 0 Å². The number of nitrogens with zero attached hydrogens (tertiary/aromatic N) is 2. The summed E-state index contributed by atoms with van der Waals surface area (Å²) >= 11 is 3.96. The highest BCUT2D eigenvalue weighted by molar-refractivity contribution is 7.99. The molecule has 1 saturated heterocycles. The van der Waals surface area contributed by atoms with Crippen molar-refractivity contribution in [2.75, 3.05) is 31.1 Å². The van der Waals surface area contributed by atoms with Crippen molar-refractivity contribution in [2.45, 2.75) is 26.2 Å². The molecule has 1 aliphatic rings. The van der Waals surface area contributed by atoms with Gasteiger partial charge in [0.2, 0.25) is 0 Å². The average molecular weight is 256 g/mol. The number of thioether (sulfide) groups is 1. The molecule has 4 heteroatoms. The molecule has 1 fully saturated rings. The Morgan fingerprint density at radius 3 is 2.75 bits per heavy atom. The topological polar surface area (TPSA) is 16.1 Å². The van der Waals surface area contributed by atoms with E-state index in [2.05, 4.69) is 41.7 Å². The zero-order valence-corrected chi connectivity index (χ0v) is 11.7. The average Bonchev–Trinajstić information content (AvgIpc) is 2.76. The van der Waals surface area contributed by atoms with Crippen molar-refractivity contribution in [1.82, 2.24) is 9.88 Å². The molecule has 0 bridgehead atoms. The molecule has 0 aromatic carbocycles. The molecule has 0 radical (unpaired) electrons. The van der Waals surface area contributed by atoms with Crippen LogP contribution in [0.25, 0.3) is 0 Å². The molecule has 0 amide bonds. The van der Waals surface area contributed by atoms with Crippen LogP contribution in [0.3, 0.4) is 0 Å². The second-order valence-corrected chi connectivity index (χ2v) is 6.90. The first-order valence-corrected chi connectivity index (χ1v) is 7.97. The summed E-state index contributed by atoms with van der Waals surface area (Å²) in [7, 11) is 0. The highest BCUT2D eigenvalue weighted by Crippen LogP contribution is 2.21. The fourth-order valence-corrected chi connectivity index (χ4v) is 3.69. The number of aromatic nitrogens is 1. The van der Waals surface area contributed by atoms with Crippen LogP contribution in [0.5, 0.6) is 0 Å². The van der Waals surface area contributed by atoms with Crippen LogP contribution >= 0.6 is 23.1 Å². The second-order valence-electron chi connectivity index (χ2n) is 4.52. The molecule has 1 aromatic heterocycles. The monoisotopic (exact) mass is 256 g/mol. The van der Waals surface area contributed by atoms with Gasteiger partial charge in [0, 0.05) is 48.1 Å². The molecule has 2 heterocycles. The SMILES string of the molecule is CC(C)c1ncc(CCN2CCSCC2)s1. The lowest BCUT2D eigenvalue weighted by Crippen LogP contribution is -2.34. The molecule has 2 nitrogen and oxygen atoms in total. The molecule has 2 rings (SSSR count). The number of rotatable bonds is 4. The van der Waals surface area contributed by atoms with Crippen molar-refractivity contribution in [3.8, 4) is 0 Å². The Morgan fingerprint density at radius 2 is 2.12 bits per heavy atom. The predicted octanol–water partition coefficient (Wildman–Crippen LogP) is 2.86. The Hall–Kier alpha value is -0.0600. The van der Waals surface area contributed by atoms with Gasteiger partial charge in [0.15, 0.2) is 0 Å². The zero-order valence-electron chi connectivity index (χ0n) is 10.1. The Bertz CT molecular complexity index is 317. The third-order valence-electron chi connectivity index (χ3n) is 2.84. The Kier molecular flexibility index (Phi) is 4.67. The molecule has 16 heavy (non-hydrogen) atoms. The van der Waals surface area contributed by atoms with E-state index in [0.29, 0.717) is 5.92 Å². The lowest BCUT2D eigenvalue weighted by atomic mass is 10.2. The van der Waals surface area contributed by atoms with Crippen LogP contribution in [-0.4, -0.2) is 41.0 Å². The summed E-state index contributed by atoms with van der Waals surface area (Å²) in [4.78, 5) is 8.50. The number of hydrogen-bond acceptors (Lipinski definition) is 4. The van der Waals surface area contributed by atoms with E-state index in [0.717, 1.165) is 0 Å². The minimum absolute atomic E-state index is 0.574. The van der Waals surface area contributed by atoms with E-state index in [9.17, 15) is 0 Å². The first-order chi connectivity index (χ1) is 7.75. The fraction of sp³-hybridized carbons (Fsp3) is 0.750. The van der Waals surface area contributed by atoms with Crippen LogP contribution in [-0.2, 0) is 6.42 Å². The standard InChI is InChI=1S/C12H20N2S2/c1-10(2)12-13-9-11(16-12)3-4-14-5-7-15-8-6-14/h9-10H,3-8H2,1-2H3. The summed E-state index contributed by atoms with van der Waals surface area (Å²) < 4.78 is 0. The largest absolute Gasteiger partial charge is 0.301 e. The maximum Gasteiger partial charge on any atom is 0.0953 e.